The zero-order valence-corrected chi connectivity index (χ0v) is 29.4. The lowest BCUT2D eigenvalue weighted by Crippen LogP contribution is -2.10. The highest BCUT2D eigenvalue weighted by Crippen LogP contribution is 2.45. The number of hydrogen-bond acceptors (Lipinski definition) is 3. The second-order valence-corrected chi connectivity index (χ2v) is 13.5. The minimum absolute atomic E-state index is 0.618. The van der Waals surface area contributed by atoms with E-state index < -0.39 is 0 Å². The first-order valence-corrected chi connectivity index (χ1v) is 18.3. The monoisotopic (exact) mass is 690 g/mol. The summed E-state index contributed by atoms with van der Waals surface area (Å²) in [5.41, 5.74) is 12.8. The lowest BCUT2D eigenvalue weighted by molar-refractivity contribution is 0.623. The van der Waals surface area contributed by atoms with Crippen molar-refractivity contribution in [3.8, 4) is 44.8 Å². The van der Waals surface area contributed by atoms with Gasteiger partial charge in [-0.3, -0.25) is 0 Å². The van der Waals surface area contributed by atoms with E-state index in [2.05, 4.69) is 181 Å². The number of aromatic nitrogens is 1. The SMILES string of the molecule is c1ccc(-c2nc3ccc4cc(-c5ccccc5)c5ccc(N(c6ccccc6)c6ccc(-c7ccccc7)c(-c7ccccc7)c6)cc5c4c3o2)cc1. The Balaban J connectivity index is 1.24. The fourth-order valence-corrected chi connectivity index (χ4v) is 7.73. The van der Waals surface area contributed by atoms with Crippen molar-refractivity contribution in [1.29, 1.82) is 0 Å². The fraction of sp³-hybridized carbons (Fsp3) is 0. The zero-order valence-electron chi connectivity index (χ0n) is 29.4. The van der Waals surface area contributed by atoms with Gasteiger partial charge in [-0.05, 0) is 110 Å². The summed E-state index contributed by atoms with van der Waals surface area (Å²) in [7, 11) is 0. The van der Waals surface area contributed by atoms with Gasteiger partial charge in [-0.25, -0.2) is 4.98 Å². The van der Waals surface area contributed by atoms with Crippen molar-refractivity contribution in [1.82, 2.24) is 4.98 Å². The number of para-hydroxylation sites is 1. The van der Waals surface area contributed by atoms with Gasteiger partial charge < -0.3 is 9.32 Å². The molecule has 254 valence electrons. The Hall–Kier alpha value is -7.23. The summed E-state index contributed by atoms with van der Waals surface area (Å²) in [6.07, 6.45) is 0. The lowest BCUT2D eigenvalue weighted by Gasteiger charge is -2.27. The molecule has 3 nitrogen and oxygen atoms in total. The molecular weight excluding hydrogens is 657 g/mol. The summed E-state index contributed by atoms with van der Waals surface area (Å²) in [6, 6.07) is 72.9. The molecular formula is C51H34N2O. The summed E-state index contributed by atoms with van der Waals surface area (Å²) >= 11 is 0. The highest BCUT2D eigenvalue weighted by molar-refractivity contribution is 6.22. The second-order valence-electron chi connectivity index (χ2n) is 13.5. The van der Waals surface area contributed by atoms with E-state index in [4.69, 9.17) is 9.40 Å². The summed E-state index contributed by atoms with van der Waals surface area (Å²) in [5, 5.41) is 4.41. The standard InChI is InChI=1S/C51H34N2O/c1-6-16-35(17-7-1)43-29-27-41(33-46(43)37-20-10-3-11-21-37)53(40-24-14-5-15-25-40)42-28-30-44-45(36-18-8-2-9-19-36)32-39-26-31-48-50(49(39)47(44)34-42)54-51(52-48)38-22-12-4-13-23-38/h1-34H. The van der Waals surface area contributed by atoms with Crippen LogP contribution in [0.2, 0.25) is 0 Å². The third kappa shape index (κ3) is 5.60. The largest absolute Gasteiger partial charge is 0.435 e. The van der Waals surface area contributed by atoms with Crippen LogP contribution in [0, 0.1) is 0 Å². The molecule has 0 N–H and O–H groups in total. The maximum absolute atomic E-state index is 6.69. The molecule has 10 aromatic rings. The first kappa shape index (κ1) is 31.5. The number of anilines is 3. The Kier molecular flexibility index (Phi) is 7.81. The zero-order chi connectivity index (χ0) is 35.8. The minimum atomic E-state index is 0.618. The molecule has 0 saturated carbocycles. The van der Waals surface area contributed by atoms with E-state index in [1.165, 1.54) is 33.4 Å². The van der Waals surface area contributed by atoms with Gasteiger partial charge in [-0.2, -0.15) is 0 Å². The first-order chi connectivity index (χ1) is 26.8. The van der Waals surface area contributed by atoms with Crippen LogP contribution >= 0.6 is 0 Å². The van der Waals surface area contributed by atoms with Crippen molar-refractivity contribution < 1.29 is 4.42 Å². The van der Waals surface area contributed by atoms with Gasteiger partial charge in [-0.1, -0.05) is 146 Å². The molecule has 0 bridgehead atoms. The third-order valence-electron chi connectivity index (χ3n) is 10.3. The highest BCUT2D eigenvalue weighted by atomic mass is 16.3. The van der Waals surface area contributed by atoms with Gasteiger partial charge in [0.15, 0.2) is 5.58 Å². The lowest BCUT2D eigenvalue weighted by atomic mass is 9.92. The molecule has 0 aliphatic carbocycles. The van der Waals surface area contributed by atoms with Gasteiger partial charge in [-0.15, -0.1) is 0 Å². The van der Waals surface area contributed by atoms with Crippen LogP contribution in [-0.2, 0) is 0 Å². The van der Waals surface area contributed by atoms with Crippen molar-refractivity contribution in [2.45, 2.75) is 0 Å². The molecule has 0 amide bonds. The van der Waals surface area contributed by atoms with E-state index in [1.54, 1.807) is 0 Å². The fourth-order valence-electron chi connectivity index (χ4n) is 7.73. The Bertz CT molecular complexity index is 2900. The predicted octanol–water partition coefficient (Wildman–Crippen LogP) is 14.3. The average Bonchev–Trinajstić information content (AvgIpc) is 3.70. The summed E-state index contributed by atoms with van der Waals surface area (Å²) < 4.78 is 6.69. The van der Waals surface area contributed by atoms with E-state index in [9.17, 15) is 0 Å². The molecule has 3 heteroatoms. The van der Waals surface area contributed by atoms with Gasteiger partial charge in [0, 0.05) is 28.0 Å². The molecule has 10 rings (SSSR count). The van der Waals surface area contributed by atoms with Gasteiger partial charge in [0.1, 0.15) is 5.52 Å². The van der Waals surface area contributed by atoms with E-state index in [-0.39, 0.29) is 0 Å². The molecule has 0 radical (unpaired) electrons. The number of benzene rings is 9. The molecule has 1 aromatic heterocycles. The van der Waals surface area contributed by atoms with Crippen molar-refractivity contribution >= 4 is 49.7 Å². The van der Waals surface area contributed by atoms with Crippen LogP contribution in [-0.4, -0.2) is 4.98 Å². The van der Waals surface area contributed by atoms with E-state index in [0.29, 0.717) is 5.89 Å². The van der Waals surface area contributed by atoms with Gasteiger partial charge >= 0.3 is 0 Å². The Morgan fingerprint density at radius 1 is 0.370 bits per heavy atom. The average molecular weight is 691 g/mol. The molecule has 0 fully saturated rings. The van der Waals surface area contributed by atoms with E-state index >= 15 is 0 Å². The minimum Gasteiger partial charge on any atom is -0.435 e. The van der Waals surface area contributed by atoms with Crippen molar-refractivity contribution in [2.24, 2.45) is 0 Å². The molecule has 0 saturated heterocycles. The van der Waals surface area contributed by atoms with Crippen LogP contribution in [0.25, 0.3) is 77.5 Å². The van der Waals surface area contributed by atoms with Crippen molar-refractivity contribution in [3.63, 3.8) is 0 Å². The second kappa shape index (κ2) is 13.4. The van der Waals surface area contributed by atoms with E-state index in [0.717, 1.165) is 55.3 Å². The molecule has 0 aliphatic rings. The number of fused-ring (bicyclic) bond motifs is 5. The molecule has 0 aliphatic heterocycles. The number of rotatable bonds is 7. The summed E-state index contributed by atoms with van der Waals surface area (Å²) in [5.74, 6) is 0.618. The third-order valence-corrected chi connectivity index (χ3v) is 10.3. The Labute approximate surface area is 314 Å². The van der Waals surface area contributed by atoms with Gasteiger partial charge in [0.05, 0.1) is 0 Å². The topological polar surface area (TPSA) is 29.3 Å². The van der Waals surface area contributed by atoms with Crippen LogP contribution in [0.4, 0.5) is 17.1 Å². The Morgan fingerprint density at radius 3 is 1.56 bits per heavy atom. The van der Waals surface area contributed by atoms with E-state index in [1.807, 2.05) is 30.3 Å². The number of oxazole rings is 1. The predicted molar refractivity (Wildman–Crippen MR) is 225 cm³/mol. The van der Waals surface area contributed by atoms with Crippen LogP contribution in [0.1, 0.15) is 0 Å². The molecule has 0 spiro atoms. The normalized spacial score (nSPS) is 11.3. The number of nitrogens with zero attached hydrogens (tertiary/aromatic N) is 2. The van der Waals surface area contributed by atoms with Crippen LogP contribution in [0.5, 0.6) is 0 Å². The quantitative estimate of drug-likeness (QED) is 0.156. The first-order valence-electron chi connectivity index (χ1n) is 18.3. The summed E-state index contributed by atoms with van der Waals surface area (Å²) in [6.45, 7) is 0. The smallest absolute Gasteiger partial charge is 0.227 e. The van der Waals surface area contributed by atoms with Crippen LogP contribution in [0.15, 0.2) is 211 Å². The Morgan fingerprint density at radius 2 is 0.907 bits per heavy atom. The van der Waals surface area contributed by atoms with Crippen LogP contribution < -0.4 is 4.90 Å². The number of hydrogen-bond donors (Lipinski definition) is 0. The molecule has 9 aromatic carbocycles. The van der Waals surface area contributed by atoms with Crippen LogP contribution in [0.3, 0.4) is 0 Å². The summed E-state index contributed by atoms with van der Waals surface area (Å²) in [4.78, 5) is 7.33. The highest BCUT2D eigenvalue weighted by Gasteiger charge is 2.20. The van der Waals surface area contributed by atoms with Gasteiger partial charge in [0.25, 0.3) is 0 Å². The molecule has 1 heterocycles. The molecule has 54 heavy (non-hydrogen) atoms. The van der Waals surface area contributed by atoms with Crippen molar-refractivity contribution in [2.75, 3.05) is 4.90 Å². The van der Waals surface area contributed by atoms with Gasteiger partial charge in [0.2, 0.25) is 5.89 Å². The van der Waals surface area contributed by atoms with Crippen molar-refractivity contribution in [3.05, 3.63) is 206 Å². The molecule has 0 atom stereocenters. The maximum Gasteiger partial charge on any atom is 0.227 e. The molecule has 0 unspecified atom stereocenters. The maximum atomic E-state index is 6.69.